The van der Waals surface area contributed by atoms with Crippen LogP contribution in [0.2, 0.25) is 0 Å². The second-order valence-corrected chi connectivity index (χ2v) is 4.63. The van der Waals surface area contributed by atoms with Crippen molar-refractivity contribution in [2.24, 2.45) is 5.73 Å². The fourth-order valence-corrected chi connectivity index (χ4v) is 1.59. The summed E-state index contributed by atoms with van der Waals surface area (Å²) in [5, 5.41) is 3.38. The van der Waals surface area contributed by atoms with Gasteiger partial charge in [-0.2, -0.15) is 0 Å². The van der Waals surface area contributed by atoms with Crippen molar-refractivity contribution in [3.63, 3.8) is 0 Å². The van der Waals surface area contributed by atoms with Gasteiger partial charge < -0.3 is 15.8 Å². The third-order valence-electron chi connectivity index (χ3n) is 2.55. The third-order valence-corrected chi connectivity index (χ3v) is 2.55. The highest BCUT2D eigenvalue weighted by atomic mass is 16.5. The molecule has 1 aromatic rings. The molecule has 1 heterocycles. The minimum Gasteiger partial charge on any atom is -0.478 e. The largest absolute Gasteiger partial charge is 0.478 e. The van der Waals surface area contributed by atoms with E-state index in [1.54, 1.807) is 0 Å². The molecule has 0 aromatic carbocycles. The van der Waals surface area contributed by atoms with Gasteiger partial charge in [0, 0.05) is 5.54 Å². The normalized spacial score (nSPS) is 11.4. The van der Waals surface area contributed by atoms with Gasteiger partial charge in [0.1, 0.15) is 12.1 Å². The second-order valence-electron chi connectivity index (χ2n) is 4.63. The fraction of sp³-hybridized carbons (Fsp3) is 0.667. The predicted octanol–water partition coefficient (Wildman–Crippen LogP) is 1.72. The fourth-order valence-electron chi connectivity index (χ4n) is 1.59. The van der Waals surface area contributed by atoms with Crippen molar-refractivity contribution >= 4 is 5.82 Å². The van der Waals surface area contributed by atoms with Gasteiger partial charge in [0.15, 0.2) is 0 Å². The molecule has 0 aliphatic carbocycles. The van der Waals surface area contributed by atoms with E-state index in [1.807, 2.05) is 13.8 Å². The molecule has 96 valence electrons. The van der Waals surface area contributed by atoms with Crippen LogP contribution in [0.5, 0.6) is 5.88 Å². The zero-order chi connectivity index (χ0) is 12.9. The zero-order valence-corrected chi connectivity index (χ0v) is 11.1. The monoisotopic (exact) mass is 238 g/mol. The molecule has 17 heavy (non-hydrogen) atoms. The van der Waals surface area contributed by atoms with E-state index in [9.17, 15) is 0 Å². The average Bonchev–Trinajstić information content (AvgIpc) is 2.24. The Hall–Kier alpha value is -1.36. The van der Waals surface area contributed by atoms with Crippen LogP contribution in [0.25, 0.3) is 0 Å². The van der Waals surface area contributed by atoms with Crippen molar-refractivity contribution in [2.75, 3.05) is 18.5 Å². The van der Waals surface area contributed by atoms with E-state index < -0.39 is 0 Å². The van der Waals surface area contributed by atoms with Crippen molar-refractivity contribution in [3.8, 4) is 5.88 Å². The predicted molar refractivity (Wildman–Crippen MR) is 69.3 cm³/mol. The smallest absolute Gasteiger partial charge is 0.221 e. The van der Waals surface area contributed by atoms with Gasteiger partial charge >= 0.3 is 0 Å². The molecule has 1 rings (SSSR count). The number of hydrogen-bond donors (Lipinski definition) is 2. The Morgan fingerprint density at radius 2 is 2.12 bits per heavy atom. The Balaban J connectivity index is 2.87. The quantitative estimate of drug-likeness (QED) is 0.789. The molecule has 3 N–H and O–H groups in total. The van der Waals surface area contributed by atoms with Gasteiger partial charge in [0.05, 0.1) is 12.2 Å². The van der Waals surface area contributed by atoms with Crippen LogP contribution in [0.1, 0.15) is 32.8 Å². The van der Waals surface area contributed by atoms with E-state index in [4.69, 9.17) is 10.5 Å². The van der Waals surface area contributed by atoms with Crippen LogP contribution in [0.3, 0.4) is 0 Å². The lowest BCUT2D eigenvalue weighted by Crippen LogP contribution is -2.34. The summed E-state index contributed by atoms with van der Waals surface area (Å²) in [7, 11) is 0. The number of nitrogens with one attached hydrogen (secondary N) is 1. The zero-order valence-electron chi connectivity index (χ0n) is 11.1. The molecule has 0 aliphatic heterocycles. The number of nitrogens with zero attached hydrogens (tertiary/aromatic N) is 2. The van der Waals surface area contributed by atoms with Crippen molar-refractivity contribution in [2.45, 2.75) is 39.7 Å². The van der Waals surface area contributed by atoms with Gasteiger partial charge in [-0.15, -0.1) is 0 Å². The van der Waals surface area contributed by atoms with Gasteiger partial charge in [0.25, 0.3) is 0 Å². The van der Waals surface area contributed by atoms with Crippen molar-refractivity contribution < 1.29 is 4.74 Å². The summed E-state index contributed by atoms with van der Waals surface area (Å²) < 4.78 is 5.44. The van der Waals surface area contributed by atoms with Crippen molar-refractivity contribution in [3.05, 3.63) is 11.9 Å². The van der Waals surface area contributed by atoms with Crippen LogP contribution in [-0.2, 0) is 0 Å². The number of nitrogens with two attached hydrogens (primary N) is 1. The molecule has 0 aliphatic rings. The Labute approximate surface area is 103 Å². The Morgan fingerprint density at radius 3 is 2.71 bits per heavy atom. The maximum atomic E-state index is 5.59. The van der Waals surface area contributed by atoms with Crippen LogP contribution in [-0.4, -0.2) is 28.7 Å². The summed E-state index contributed by atoms with van der Waals surface area (Å²) >= 11 is 0. The van der Waals surface area contributed by atoms with Crippen LogP contribution in [0, 0.1) is 6.92 Å². The van der Waals surface area contributed by atoms with E-state index in [2.05, 4.69) is 29.1 Å². The summed E-state index contributed by atoms with van der Waals surface area (Å²) in [4.78, 5) is 8.35. The molecule has 0 spiro atoms. The second kappa shape index (κ2) is 5.82. The van der Waals surface area contributed by atoms with Crippen molar-refractivity contribution in [1.82, 2.24) is 9.97 Å². The first-order valence-electron chi connectivity index (χ1n) is 5.93. The lowest BCUT2D eigenvalue weighted by molar-refractivity contribution is 0.323. The van der Waals surface area contributed by atoms with E-state index in [-0.39, 0.29) is 5.54 Å². The summed E-state index contributed by atoms with van der Waals surface area (Å²) in [5.41, 5.74) is 6.43. The molecular weight excluding hydrogens is 216 g/mol. The molecule has 0 saturated carbocycles. The molecular formula is C12H22N4O. The minimum absolute atomic E-state index is 0.0860. The first-order chi connectivity index (χ1) is 8.00. The molecule has 1 aromatic heterocycles. The number of aromatic nitrogens is 2. The van der Waals surface area contributed by atoms with Gasteiger partial charge in [-0.1, -0.05) is 0 Å². The molecule has 5 nitrogen and oxygen atoms in total. The SMILES string of the molecule is CCOc1ncnc(NC(C)(C)CCN)c1C. The molecule has 0 bridgehead atoms. The molecule has 0 atom stereocenters. The molecule has 0 amide bonds. The van der Waals surface area contributed by atoms with Crippen molar-refractivity contribution in [1.29, 1.82) is 0 Å². The number of anilines is 1. The maximum absolute atomic E-state index is 5.59. The van der Waals surface area contributed by atoms with Crippen LogP contribution < -0.4 is 15.8 Å². The standard InChI is InChI=1S/C12H22N4O/c1-5-17-11-9(2)10(14-8-15-11)16-12(3,4)6-7-13/h8H,5-7,13H2,1-4H3,(H,14,15,16). The van der Waals surface area contributed by atoms with E-state index >= 15 is 0 Å². The Morgan fingerprint density at radius 1 is 1.41 bits per heavy atom. The van der Waals surface area contributed by atoms with Crippen LogP contribution in [0.15, 0.2) is 6.33 Å². The number of ether oxygens (including phenoxy) is 1. The molecule has 0 radical (unpaired) electrons. The van der Waals surface area contributed by atoms with Gasteiger partial charge in [-0.25, -0.2) is 9.97 Å². The minimum atomic E-state index is -0.0860. The highest BCUT2D eigenvalue weighted by Gasteiger charge is 2.19. The van der Waals surface area contributed by atoms with Gasteiger partial charge in [0.2, 0.25) is 5.88 Å². The summed E-state index contributed by atoms with van der Waals surface area (Å²) in [6, 6.07) is 0. The van der Waals surface area contributed by atoms with E-state index in [0.717, 1.165) is 17.8 Å². The van der Waals surface area contributed by atoms with Crippen LogP contribution >= 0.6 is 0 Å². The summed E-state index contributed by atoms with van der Waals surface area (Å²) in [6.07, 6.45) is 2.39. The topological polar surface area (TPSA) is 73.1 Å². The number of hydrogen-bond acceptors (Lipinski definition) is 5. The molecule has 0 fully saturated rings. The molecule has 5 heteroatoms. The Bertz CT molecular complexity index is 366. The van der Waals surface area contributed by atoms with Gasteiger partial charge in [-0.3, -0.25) is 0 Å². The van der Waals surface area contributed by atoms with E-state index in [0.29, 0.717) is 19.0 Å². The Kier molecular flexibility index (Phi) is 4.69. The average molecular weight is 238 g/mol. The highest BCUT2D eigenvalue weighted by molar-refractivity contribution is 5.49. The first-order valence-corrected chi connectivity index (χ1v) is 5.93. The van der Waals surface area contributed by atoms with E-state index in [1.165, 1.54) is 6.33 Å². The first kappa shape index (κ1) is 13.7. The molecule has 0 unspecified atom stereocenters. The summed E-state index contributed by atoms with van der Waals surface area (Å²) in [5.74, 6) is 1.44. The van der Waals surface area contributed by atoms with Crippen LogP contribution in [0.4, 0.5) is 5.82 Å². The van der Waals surface area contributed by atoms with Gasteiger partial charge in [-0.05, 0) is 40.7 Å². The lowest BCUT2D eigenvalue weighted by Gasteiger charge is -2.27. The lowest BCUT2D eigenvalue weighted by atomic mass is 10.0. The molecule has 0 saturated heterocycles. The highest BCUT2D eigenvalue weighted by Crippen LogP contribution is 2.24. The maximum Gasteiger partial charge on any atom is 0.221 e. The summed E-state index contributed by atoms with van der Waals surface area (Å²) in [6.45, 7) is 9.33. The number of rotatable bonds is 6. The third kappa shape index (κ3) is 3.85.